The van der Waals surface area contributed by atoms with Crippen molar-refractivity contribution in [3.63, 3.8) is 0 Å². The molecule has 3 nitrogen and oxygen atoms in total. The number of aryl methyl sites for hydroxylation is 1. The number of hydrogen-bond donors (Lipinski definition) is 1. The van der Waals surface area contributed by atoms with Crippen molar-refractivity contribution < 1.29 is 0 Å². The van der Waals surface area contributed by atoms with E-state index >= 15 is 0 Å². The standard InChI is InChI=1S/C12H21N3S/c1-2-15-6-5-14-12(15)10-13-9-11-3-7-16-8-4-11/h5-6,11,13H,2-4,7-10H2,1H3. The summed E-state index contributed by atoms with van der Waals surface area (Å²) in [6.45, 7) is 5.22. The van der Waals surface area contributed by atoms with Gasteiger partial charge in [0.05, 0.1) is 6.54 Å². The van der Waals surface area contributed by atoms with E-state index < -0.39 is 0 Å². The Hall–Kier alpha value is -0.480. The van der Waals surface area contributed by atoms with Gasteiger partial charge in [-0.25, -0.2) is 4.98 Å². The molecule has 1 fully saturated rings. The van der Waals surface area contributed by atoms with Crippen molar-refractivity contribution in [1.29, 1.82) is 0 Å². The van der Waals surface area contributed by atoms with Gasteiger partial charge in [0.1, 0.15) is 5.82 Å². The summed E-state index contributed by atoms with van der Waals surface area (Å²) in [6, 6.07) is 0. The first kappa shape index (κ1) is 12.0. The third-order valence-corrected chi connectivity index (χ3v) is 4.25. The maximum atomic E-state index is 4.37. The van der Waals surface area contributed by atoms with E-state index in [1.165, 1.54) is 24.3 Å². The topological polar surface area (TPSA) is 29.9 Å². The van der Waals surface area contributed by atoms with Crippen molar-refractivity contribution in [3.8, 4) is 0 Å². The first-order valence-electron chi connectivity index (χ1n) is 6.18. The lowest BCUT2D eigenvalue weighted by molar-refractivity contribution is 0.441. The molecule has 1 N–H and O–H groups in total. The molecular weight excluding hydrogens is 218 g/mol. The molecule has 0 amide bonds. The molecule has 16 heavy (non-hydrogen) atoms. The van der Waals surface area contributed by atoms with Gasteiger partial charge < -0.3 is 9.88 Å². The lowest BCUT2D eigenvalue weighted by atomic mass is 10.0. The zero-order valence-electron chi connectivity index (χ0n) is 9.98. The fourth-order valence-electron chi connectivity index (χ4n) is 2.13. The Bertz CT molecular complexity index is 305. The predicted molar refractivity (Wildman–Crippen MR) is 69.7 cm³/mol. The van der Waals surface area contributed by atoms with Crippen molar-refractivity contribution in [3.05, 3.63) is 18.2 Å². The highest BCUT2D eigenvalue weighted by atomic mass is 32.2. The van der Waals surface area contributed by atoms with Gasteiger partial charge in [0.15, 0.2) is 0 Å². The average Bonchev–Trinajstić information content (AvgIpc) is 2.78. The van der Waals surface area contributed by atoms with Crippen molar-refractivity contribution in [2.75, 3.05) is 18.1 Å². The zero-order valence-corrected chi connectivity index (χ0v) is 10.8. The van der Waals surface area contributed by atoms with Gasteiger partial charge in [-0.3, -0.25) is 0 Å². The summed E-state index contributed by atoms with van der Waals surface area (Å²) in [5, 5.41) is 3.54. The van der Waals surface area contributed by atoms with Crippen LogP contribution in [0.3, 0.4) is 0 Å². The largest absolute Gasteiger partial charge is 0.334 e. The van der Waals surface area contributed by atoms with Gasteiger partial charge in [0.2, 0.25) is 0 Å². The second-order valence-electron chi connectivity index (χ2n) is 4.32. The molecule has 4 heteroatoms. The zero-order chi connectivity index (χ0) is 11.2. The number of nitrogens with one attached hydrogen (secondary N) is 1. The lowest BCUT2D eigenvalue weighted by Gasteiger charge is -2.21. The molecule has 0 saturated carbocycles. The minimum atomic E-state index is 0.881. The average molecular weight is 239 g/mol. The Morgan fingerprint density at radius 3 is 3.06 bits per heavy atom. The molecule has 0 aliphatic carbocycles. The molecule has 0 spiro atoms. The molecule has 0 atom stereocenters. The van der Waals surface area contributed by atoms with Gasteiger partial charge >= 0.3 is 0 Å². The highest BCUT2D eigenvalue weighted by Crippen LogP contribution is 2.21. The first-order chi connectivity index (χ1) is 7.90. The summed E-state index contributed by atoms with van der Waals surface area (Å²) in [4.78, 5) is 4.37. The fourth-order valence-corrected chi connectivity index (χ4v) is 3.34. The number of hydrogen-bond acceptors (Lipinski definition) is 3. The quantitative estimate of drug-likeness (QED) is 0.854. The molecule has 0 bridgehead atoms. The molecule has 2 heterocycles. The lowest BCUT2D eigenvalue weighted by Crippen LogP contribution is -2.26. The van der Waals surface area contributed by atoms with E-state index in [4.69, 9.17) is 0 Å². The van der Waals surface area contributed by atoms with E-state index in [0.29, 0.717) is 0 Å². The van der Waals surface area contributed by atoms with Crippen LogP contribution in [-0.4, -0.2) is 27.6 Å². The van der Waals surface area contributed by atoms with Gasteiger partial charge in [-0.2, -0.15) is 11.8 Å². The summed E-state index contributed by atoms with van der Waals surface area (Å²) in [5.74, 6) is 4.73. The van der Waals surface area contributed by atoms with Crippen molar-refractivity contribution in [2.24, 2.45) is 5.92 Å². The molecule has 1 saturated heterocycles. The Morgan fingerprint density at radius 1 is 1.50 bits per heavy atom. The first-order valence-corrected chi connectivity index (χ1v) is 7.34. The van der Waals surface area contributed by atoms with Crippen molar-refractivity contribution in [1.82, 2.24) is 14.9 Å². The van der Waals surface area contributed by atoms with Crippen LogP contribution in [0.25, 0.3) is 0 Å². The molecule has 0 unspecified atom stereocenters. The molecular formula is C12H21N3S. The second kappa shape index (κ2) is 6.30. The summed E-state index contributed by atoms with van der Waals surface area (Å²) in [5.41, 5.74) is 0. The normalized spacial score (nSPS) is 17.8. The molecule has 90 valence electrons. The predicted octanol–water partition coefficient (Wildman–Crippen LogP) is 2.14. The molecule has 2 rings (SSSR count). The van der Waals surface area contributed by atoms with Gasteiger partial charge in [-0.05, 0) is 43.7 Å². The highest BCUT2D eigenvalue weighted by molar-refractivity contribution is 7.99. The van der Waals surface area contributed by atoms with Crippen molar-refractivity contribution >= 4 is 11.8 Å². The monoisotopic (exact) mass is 239 g/mol. The van der Waals surface area contributed by atoms with Crippen LogP contribution in [0.1, 0.15) is 25.6 Å². The summed E-state index contributed by atoms with van der Waals surface area (Å²) >= 11 is 2.09. The van der Waals surface area contributed by atoms with Gasteiger partial charge in [-0.1, -0.05) is 0 Å². The number of aromatic nitrogens is 2. The van der Waals surface area contributed by atoms with Gasteiger partial charge in [0, 0.05) is 18.9 Å². The third kappa shape index (κ3) is 3.25. The molecule has 1 aromatic heterocycles. The minimum Gasteiger partial charge on any atom is -0.334 e. The van der Waals surface area contributed by atoms with E-state index in [9.17, 15) is 0 Å². The van der Waals surface area contributed by atoms with E-state index in [1.54, 1.807) is 0 Å². The van der Waals surface area contributed by atoms with Crippen molar-refractivity contribution in [2.45, 2.75) is 32.9 Å². The molecule has 1 aliphatic heterocycles. The third-order valence-electron chi connectivity index (χ3n) is 3.20. The van der Waals surface area contributed by atoms with Crippen LogP contribution < -0.4 is 5.32 Å². The molecule has 0 radical (unpaired) electrons. The van der Waals surface area contributed by atoms with E-state index in [1.807, 2.05) is 12.4 Å². The fraction of sp³-hybridized carbons (Fsp3) is 0.750. The SMILES string of the molecule is CCn1ccnc1CNCC1CCSCC1. The maximum absolute atomic E-state index is 4.37. The summed E-state index contributed by atoms with van der Waals surface area (Å²) in [7, 11) is 0. The molecule has 1 aliphatic rings. The van der Waals surface area contributed by atoms with Crippen LogP contribution in [-0.2, 0) is 13.1 Å². The van der Waals surface area contributed by atoms with E-state index in [2.05, 4.69) is 33.6 Å². The molecule has 1 aromatic rings. The summed E-state index contributed by atoms with van der Waals surface area (Å²) in [6.07, 6.45) is 6.69. The Balaban J connectivity index is 1.71. The van der Waals surface area contributed by atoms with Gasteiger partial charge in [0.25, 0.3) is 0 Å². The van der Waals surface area contributed by atoms with Crippen LogP contribution in [0.15, 0.2) is 12.4 Å². The summed E-state index contributed by atoms with van der Waals surface area (Å²) < 4.78 is 2.20. The Labute approximate surface area is 102 Å². The minimum absolute atomic E-state index is 0.881. The van der Waals surface area contributed by atoms with Gasteiger partial charge in [-0.15, -0.1) is 0 Å². The van der Waals surface area contributed by atoms with Crippen LogP contribution in [0.5, 0.6) is 0 Å². The number of imidazole rings is 1. The van der Waals surface area contributed by atoms with E-state index in [-0.39, 0.29) is 0 Å². The van der Waals surface area contributed by atoms with Crippen LogP contribution >= 0.6 is 11.8 Å². The van der Waals surface area contributed by atoms with Crippen LogP contribution in [0, 0.1) is 5.92 Å². The van der Waals surface area contributed by atoms with E-state index in [0.717, 1.165) is 31.4 Å². The molecule has 0 aromatic carbocycles. The smallest absolute Gasteiger partial charge is 0.122 e. The number of rotatable bonds is 5. The number of nitrogens with zero attached hydrogens (tertiary/aromatic N) is 2. The van der Waals surface area contributed by atoms with Crippen LogP contribution in [0.4, 0.5) is 0 Å². The second-order valence-corrected chi connectivity index (χ2v) is 5.54. The highest BCUT2D eigenvalue weighted by Gasteiger charge is 2.13. The Kier molecular flexibility index (Phi) is 4.72. The van der Waals surface area contributed by atoms with Crippen LogP contribution in [0.2, 0.25) is 0 Å². The number of thioether (sulfide) groups is 1. The Morgan fingerprint density at radius 2 is 2.31 bits per heavy atom. The maximum Gasteiger partial charge on any atom is 0.122 e.